The van der Waals surface area contributed by atoms with E-state index in [-0.39, 0.29) is 17.0 Å². The number of amides is 1. The predicted molar refractivity (Wildman–Crippen MR) is 83.5 cm³/mol. The van der Waals surface area contributed by atoms with E-state index >= 15 is 0 Å². The number of aromatic nitrogens is 1. The Bertz CT molecular complexity index is 441. The van der Waals surface area contributed by atoms with E-state index < -0.39 is 0 Å². The number of carbonyl (C=O) groups is 1. The van der Waals surface area contributed by atoms with Crippen molar-refractivity contribution in [2.75, 3.05) is 0 Å². The van der Waals surface area contributed by atoms with Crippen molar-refractivity contribution in [3.05, 3.63) is 24.0 Å². The summed E-state index contributed by atoms with van der Waals surface area (Å²) in [4.78, 5) is 12.1. The molecular formula is C16H29N3O. The maximum atomic E-state index is 12.1. The normalized spacial score (nSPS) is 12.5. The zero-order chi connectivity index (χ0) is 15.4. The van der Waals surface area contributed by atoms with Gasteiger partial charge in [0, 0.05) is 29.5 Å². The van der Waals surface area contributed by atoms with Crippen molar-refractivity contribution in [1.82, 2.24) is 15.2 Å². The zero-order valence-electron chi connectivity index (χ0n) is 13.7. The summed E-state index contributed by atoms with van der Waals surface area (Å²) in [5, 5.41) is 6.51. The lowest BCUT2D eigenvalue weighted by atomic mass is 10.0. The van der Waals surface area contributed by atoms with Gasteiger partial charge in [0.15, 0.2) is 0 Å². The molecular weight excluding hydrogens is 250 g/mol. The Morgan fingerprint density at radius 1 is 1.25 bits per heavy atom. The highest BCUT2D eigenvalue weighted by Crippen LogP contribution is 2.09. The van der Waals surface area contributed by atoms with Crippen LogP contribution in [0, 0.1) is 0 Å². The third-order valence-corrected chi connectivity index (χ3v) is 3.40. The first-order valence-corrected chi connectivity index (χ1v) is 7.33. The van der Waals surface area contributed by atoms with Crippen molar-refractivity contribution in [1.29, 1.82) is 0 Å². The maximum absolute atomic E-state index is 12.1. The quantitative estimate of drug-likeness (QED) is 0.841. The largest absolute Gasteiger partial charge is 0.350 e. The molecule has 114 valence electrons. The first-order valence-electron chi connectivity index (χ1n) is 7.33. The molecule has 0 aliphatic rings. The summed E-state index contributed by atoms with van der Waals surface area (Å²) in [6, 6.07) is 4.04. The van der Waals surface area contributed by atoms with Gasteiger partial charge in [0.2, 0.25) is 5.91 Å². The average Bonchev–Trinajstić information content (AvgIpc) is 2.72. The molecule has 0 spiro atoms. The number of carbonyl (C=O) groups excluding carboxylic acids is 1. The van der Waals surface area contributed by atoms with E-state index in [1.165, 1.54) is 0 Å². The summed E-state index contributed by atoms with van der Waals surface area (Å²) >= 11 is 0. The van der Waals surface area contributed by atoms with E-state index in [1.807, 2.05) is 30.7 Å². The molecule has 0 saturated heterocycles. The monoisotopic (exact) mass is 279 g/mol. The van der Waals surface area contributed by atoms with E-state index in [0.717, 1.165) is 18.7 Å². The topological polar surface area (TPSA) is 46.1 Å². The van der Waals surface area contributed by atoms with Gasteiger partial charge < -0.3 is 15.2 Å². The van der Waals surface area contributed by atoms with Crippen LogP contribution in [0.5, 0.6) is 0 Å². The number of nitrogens with one attached hydrogen (secondary N) is 2. The van der Waals surface area contributed by atoms with Gasteiger partial charge in [-0.1, -0.05) is 6.92 Å². The molecule has 1 aromatic rings. The van der Waals surface area contributed by atoms with Gasteiger partial charge in [-0.25, -0.2) is 0 Å². The van der Waals surface area contributed by atoms with Crippen LogP contribution in [0.2, 0.25) is 0 Å². The van der Waals surface area contributed by atoms with Gasteiger partial charge in [-0.3, -0.25) is 4.79 Å². The van der Waals surface area contributed by atoms with Gasteiger partial charge in [-0.2, -0.15) is 0 Å². The van der Waals surface area contributed by atoms with Crippen LogP contribution >= 0.6 is 0 Å². The van der Waals surface area contributed by atoms with E-state index in [0.29, 0.717) is 6.54 Å². The van der Waals surface area contributed by atoms with Crippen LogP contribution < -0.4 is 10.6 Å². The minimum atomic E-state index is -0.145. The summed E-state index contributed by atoms with van der Waals surface area (Å²) in [7, 11) is 0. The Kier molecular flexibility index (Phi) is 5.40. The molecule has 0 bridgehead atoms. The highest BCUT2D eigenvalue weighted by Gasteiger charge is 2.18. The molecule has 1 rings (SSSR count). The Balaban J connectivity index is 2.61. The minimum absolute atomic E-state index is 0.0602. The Morgan fingerprint density at radius 3 is 2.45 bits per heavy atom. The van der Waals surface area contributed by atoms with E-state index in [2.05, 4.69) is 44.4 Å². The molecule has 0 fully saturated rings. The molecule has 1 amide bonds. The molecule has 0 aliphatic carbocycles. The number of nitrogens with zero attached hydrogens (tertiary/aromatic N) is 1. The highest BCUT2D eigenvalue weighted by molar-refractivity contribution is 5.76. The first kappa shape index (κ1) is 16.8. The fourth-order valence-corrected chi connectivity index (χ4v) is 1.78. The molecule has 1 heterocycles. The predicted octanol–water partition coefficient (Wildman–Crippen LogP) is 2.68. The molecule has 1 aromatic heterocycles. The minimum Gasteiger partial charge on any atom is -0.350 e. The highest BCUT2D eigenvalue weighted by atomic mass is 16.2. The van der Waals surface area contributed by atoms with Crippen molar-refractivity contribution < 1.29 is 4.79 Å². The van der Waals surface area contributed by atoms with Crippen LogP contribution in [-0.2, 0) is 17.9 Å². The molecule has 2 N–H and O–H groups in total. The number of rotatable bonds is 6. The zero-order valence-corrected chi connectivity index (χ0v) is 13.7. The van der Waals surface area contributed by atoms with Crippen molar-refractivity contribution >= 4 is 5.91 Å². The second-order valence-corrected chi connectivity index (χ2v) is 7.02. The fourth-order valence-electron chi connectivity index (χ4n) is 1.78. The van der Waals surface area contributed by atoms with E-state index in [1.54, 1.807) is 0 Å². The molecule has 0 saturated carbocycles. The molecule has 0 radical (unpaired) electrons. The van der Waals surface area contributed by atoms with Crippen molar-refractivity contribution in [3.8, 4) is 0 Å². The molecule has 0 unspecified atom stereocenters. The second kappa shape index (κ2) is 6.44. The third kappa shape index (κ3) is 5.78. The lowest BCUT2D eigenvalue weighted by Gasteiger charge is -2.25. The van der Waals surface area contributed by atoms with Gasteiger partial charge in [0.05, 0.1) is 0 Å². The second-order valence-electron chi connectivity index (χ2n) is 7.02. The molecule has 4 nitrogen and oxygen atoms in total. The maximum Gasteiger partial charge on any atom is 0.240 e. The first-order chi connectivity index (χ1) is 9.13. The Labute approximate surface area is 122 Å². The van der Waals surface area contributed by atoms with Crippen LogP contribution in [0.3, 0.4) is 0 Å². The van der Waals surface area contributed by atoms with Gasteiger partial charge >= 0.3 is 0 Å². The fraction of sp³-hybridized carbons (Fsp3) is 0.688. The van der Waals surface area contributed by atoms with Gasteiger partial charge in [-0.15, -0.1) is 0 Å². The smallest absolute Gasteiger partial charge is 0.240 e. The van der Waals surface area contributed by atoms with Crippen LogP contribution in [0.25, 0.3) is 0 Å². The van der Waals surface area contributed by atoms with E-state index in [4.69, 9.17) is 0 Å². The number of hydrogen-bond donors (Lipinski definition) is 2. The van der Waals surface area contributed by atoms with Crippen molar-refractivity contribution in [2.45, 2.75) is 72.1 Å². The number of hydrogen-bond acceptors (Lipinski definition) is 2. The lowest BCUT2D eigenvalue weighted by molar-refractivity contribution is -0.123. The molecule has 0 aromatic carbocycles. The SMILES string of the molecule is CCC(C)(C)NC(=O)Cn1cccc1CNC(C)(C)C. The molecule has 0 atom stereocenters. The van der Waals surface area contributed by atoms with Crippen LogP contribution in [-0.4, -0.2) is 21.6 Å². The summed E-state index contributed by atoms with van der Waals surface area (Å²) < 4.78 is 2.00. The molecule has 4 heteroatoms. The van der Waals surface area contributed by atoms with Crippen LogP contribution in [0.4, 0.5) is 0 Å². The van der Waals surface area contributed by atoms with Crippen LogP contribution in [0.15, 0.2) is 18.3 Å². The summed E-state index contributed by atoms with van der Waals surface area (Å²) in [5.41, 5.74) is 1.06. The Hall–Kier alpha value is -1.29. The van der Waals surface area contributed by atoms with Gasteiger partial charge in [-0.05, 0) is 53.2 Å². The van der Waals surface area contributed by atoms with Gasteiger partial charge in [0.25, 0.3) is 0 Å². The van der Waals surface area contributed by atoms with Crippen LogP contribution in [0.1, 0.15) is 53.7 Å². The van der Waals surface area contributed by atoms with Crippen molar-refractivity contribution in [2.24, 2.45) is 0 Å². The third-order valence-electron chi connectivity index (χ3n) is 3.40. The standard InChI is InChI=1S/C16H29N3O/c1-7-16(5,6)18-14(20)12-19-10-8-9-13(19)11-17-15(2,3)4/h8-10,17H,7,11-12H2,1-6H3,(H,18,20). The average molecular weight is 279 g/mol. The molecule has 20 heavy (non-hydrogen) atoms. The molecule has 0 aliphatic heterocycles. The summed E-state index contributed by atoms with van der Waals surface area (Å²) in [6.07, 6.45) is 2.88. The Morgan fingerprint density at radius 2 is 1.90 bits per heavy atom. The summed E-state index contributed by atoms with van der Waals surface area (Å²) in [5.74, 6) is 0.0602. The van der Waals surface area contributed by atoms with Gasteiger partial charge in [0.1, 0.15) is 6.54 Å². The summed E-state index contributed by atoms with van der Waals surface area (Å²) in [6.45, 7) is 13.7. The lowest BCUT2D eigenvalue weighted by Crippen LogP contribution is -2.44. The van der Waals surface area contributed by atoms with Crippen molar-refractivity contribution in [3.63, 3.8) is 0 Å². The van der Waals surface area contributed by atoms with E-state index in [9.17, 15) is 4.79 Å².